The minimum absolute atomic E-state index is 0.00814. The molecule has 2 nitrogen and oxygen atoms in total. The highest BCUT2D eigenvalue weighted by Crippen LogP contribution is 2.15. The number of Topliss-reactive ketones (excluding diaryl/α,β-unsaturated/α-hetero) is 1. The van der Waals surface area contributed by atoms with E-state index < -0.39 is 0 Å². The monoisotopic (exact) mass is 244 g/mol. The molecule has 0 N–H and O–H groups in total. The Hall–Kier alpha value is -2.16. The second-order valence-electron chi connectivity index (χ2n) is 4.00. The molecule has 0 aliphatic rings. The zero-order valence-electron chi connectivity index (χ0n) is 10.0. The molecule has 0 unspecified atom stereocenters. The van der Waals surface area contributed by atoms with E-state index >= 15 is 0 Å². The fraction of sp³-hybridized carbons (Fsp3) is 0.133. The van der Waals surface area contributed by atoms with Gasteiger partial charge in [-0.3, -0.25) is 4.79 Å². The van der Waals surface area contributed by atoms with E-state index in [-0.39, 0.29) is 18.2 Å². The zero-order chi connectivity index (χ0) is 13.0. The predicted octanol–water partition coefficient (Wildman–Crippen LogP) is 3.61. The summed E-state index contributed by atoms with van der Waals surface area (Å²) in [7, 11) is 0. The molecule has 92 valence electrons. The Morgan fingerprint density at radius 1 is 1.17 bits per heavy atom. The topological polar surface area (TPSA) is 26.3 Å². The second kappa shape index (κ2) is 5.45. The summed E-state index contributed by atoms with van der Waals surface area (Å²) in [6.45, 7) is 1.78. The maximum Gasteiger partial charge on any atom is 0.159 e. The molecule has 0 bridgehead atoms. The third kappa shape index (κ3) is 3.17. The normalized spacial score (nSPS) is 10.1. The van der Waals surface area contributed by atoms with Gasteiger partial charge in [-0.25, -0.2) is 4.39 Å². The Morgan fingerprint density at radius 3 is 2.67 bits per heavy atom. The van der Waals surface area contributed by atoms with Crippen molar-refractivity contribution in [2.45, 2.75) is 13.5 Å². The SMILES string of the molecule is CC(=O)c1cccc(OCc2cccc(F)c2)c1. The minimum Gasteiger partial charge on any atom is -0.489 e. The first kappa shape index (κ1) is 12.3. The highest BCUT2D eigenvalue weighted by atomic mass is 19.1. The summed E-state index contributed by atoms with van der Waals surface area (Å²) in [5.41, 5.74) is 1.36. The van der Waals surface area contributed by atoms with Crippen LogP contribution >= 0.6 is 0 Å². The van der Waals surface area contributed by atoms with Gasteiger partial charge in [-0.15, -0.1) is 0 Å². The van der Waals surface area contributed by atoms with Crippen LogP contribution in [-0.4, -0.2) is 5.78 Å². The van der Waals surface area contributed by atoms with E-state index in [1.807, 2.05) is 0 Å². The fourth-order valence-electron chi connectivity index (χ4n) is 1.60. The summed E-state index contributed by atoms with van der Waals surface area (Å²) in [6.07, 6.45) is 0. The van der Waals surface area contributed by atoms with Crippen molar-refractivity contribution < 1.29 is 13.9 Å². The predicted molar refractivity (Wildman–Crippen MR) is 67.2 cm³/mol. The summed E-state index contributed by atoms with van der Waals surface area (Å²) in [4.78, 5) is 11.2. The lowest BCUT2D eigenvalue weighted by Crippen LogP contribution is -1.98. The zero-order valence-corrected chi connectivity index (χ0v) is 10.0. The van der Waals surface area contributed by atoms with Gasteiger partial charge in [-0.2, -0.15) is 0 Å². The molecule has 0 aliphatic carbocycles. The highest BCUT2D eigenvalue weighted by Gasteiger charge is 2.02. The molecule has 0 aromatic heterocycles. The summed E-state index contributed by atoms with van der Waals surface area (Å²) in [5.74, 6) is 0.312. The fourth-order valence-corrected chi connectivity index (χ4v) is 1.60. The standard InChI is InChI=1S/C15H13FO2/c1-11(17)13-5-3-7-15(9-13)18-10-12-4-2-6-14(16)8-12/h2-9H,10H2,1H3. The Kier molecular flexibility index (Phi) is 3.72. The van der Waals surface area contributed by atoms with Crippen molar-refractivity contribution in [2.75, 3.05) is 0 Å². The van der Waals surface area contributed by atoms with Gasteiger partial charge in [0, 0.05) is 5.56 Å². The van der Waals surface area contributed by atoms with Crippen molar-refractivity contribution in [3.8, 4) is 5.75 Å². The molecule has 0 saturated carbocycles. The maximum atomic E-state index is 13.0. The molecule has 0 saturated heterocycles. The van der Waals surface area contributed by atoms with Crippen LogP contribution in [0.15, 0.2) is 48.5 Å². The number of hydrogen-bond donors (Lipinski definition) is 0. The van der Waals surface area contributed by atoms with Gasteiger partial charge < -0.3 is 4.74 Å². The largest absolute Gasteiger partial charge is 0.489 e. The Balaban J connectivity index is 2.06. The number of carbonyl (C=O) groups excluding carboxylic acids is 1. The van der Waals surface area contributed by atoms with E-state index in [2.05, 4.69) is 0 Å². The van der Waals surface area contributed by atoms with Gasteiger partial charge in [-0.1, -0.05) is 24.3 Å². The van der Waals surface area contributed by atoms with Gasteiger partial charge >= 0.3 is 0 Å². The van der Waals surface area contributed by atoms with Crippen LogP contribution in [0.1, 0.15) is 22.8 Å². The molecule has 2 rings (SSSR count). The minimum atomic E-state index is -0.284. The smallest absolute Gasteiger partial charge is 0.159 e. The lowest BCUT2D eigenvalue weighted by Gasteiger charge is -2.07. The van der Waals surface area contributed by atoms with E-state index in [1.54, 1.807) is 36.4 Å². The molecule has 0 heterocycles. The number of benzene rings is 2. The molecule has 0 aliphatic heterocycles. The molecule has 0 atom stereocenters. The van der Waals surface area contributed by atoms with Crippen molar-refractivity contribution in [1.29, 1.82) is 0 Å². The third-order valence-corrected chi connectivity index (χ3v) is 2.54. The van der Waals surface area contributed by atoms with Gasteiger partial charge in [0.1, 0.15) is 18.2 Å². The Morgan fingerprint density at radius 2 is 1.94 bits per heavy atom. The summed E-state index contributed by atoms with van der Waals surface area (Å²) < 4.78 is 18.5. The molecule has 3 heteroatoms. The average Bonchev–Trinajstić information content (AvgIpc) is 2.37. The number of ketones is 1. The van der Waals surface area contributed by atoms with Crippen molar-refractivity contribution in [3.05, 3.63) is 65.5 Å². The number of hydrogen-bond acceptors (Lipinski definition) is 2. The van der Waals surface area contributed by atoms with Gasteiger partial charge in [0.25, 0.3) is 0 Å². The third-order valence-electron chi connectivity index (χ3n) is 2.54. The van der Waals surface area contributed by atoms with Crippen molar-refractivity contribution in [2.24, 2.45) is 0 Å². The first-order valence-electron chi connectivity index (χ1n) is 5.63. The Bertz CT molecular complexity index is 564. The van der Waals surface area contributed by atoms with Crippen LogP contribution < -0.4 is 4.74 Å². The summed E-state index contributed by atoms with van der Waals surface area (Å²) in [5, 5.41) is 0. The van der Waals surface area contributed by atoms with E-state index in [0.717, 1.165) is 5.56 Å². The van der Waals surface area contributed by atoms with Crippen LogP contribution in [0.3, 0.4) is 0 Å². The highest BCUT2D eigenvalue weighted by molar-refractivity contribution is 5.94. The van der Waals surface area contributed by atoms with Crippen LogP contribution in [-0.2, 0) is 6.61 Å². The first-order valence-corrected chi connectivity index (χ1v) is 5.63. The number of rotatable bonds is 4. The van der Waals surface area contributed by atoms with Gasteiger partial charge in [0.15, 0.2) is 5.78 Å². The first-order chi connectivity index (χ1) is 8.65. The van der Waals surface area contributed by atoms with Crippen LogP contribution in [0.4, 0.5) is 4.39 Å². The quantitative estimate of drug-likeness (QED) is 0.768. The summed E-state index contributed by atoms with van der Waals surface area (Å²) in [6, 6.07) is 13.2. The lowest BCUT2D eigenvalue weighted by atomic mass is 10.1. The number of ether oxygens (including phenoxy) is 1. The molecule has 0 amide bonds. The molecule has 2 aromatic rings. The molecule has 2 aromatic carbocycles. The number of halogens is 1. The lowest BCUT2D eigenvalue weighted by molar-refractivity contribution is 0.101. The van der Waals surface area contributed by atoms with Crippen LogP contribution in [0.2, 0.25) is 0 Å². The van der Waals surface area contributed by atoms with Gasteiger partial charge in [-0.05, 0) is 36.8 Å². The van der Waals surface area contributed by atoms with Crippen LogP contribution in [0.5, 0.6) is 5.75 Å². The molecule has 0 spiro atoms. The van der Waals surface area contributed by atoms with Crippen molar-refractivity contribution >= 4 is 5.78 Å². The van der Waals surface area contributed by atoms with Crippen molar-refractivity contribution in [3.63, 3.8) is 0 Å². The van der Waals surface area contributed by atoms with Gasteiger partial charge in [0.05, 0.1) is 0 Å². The van der Waals surface area contributed by atoms with E-state index in [4.69, 9.17) is 4.74 Å². The molecule has 18 heavy (non-hydrogen) atoms. The van der Waals surface area contributed by atoms with Crippen LogP contribution in [0, 0.1) is 5.82 Å². The number of carbonyl (C=O) groups is 1. The van der Waals surface area contributed by atoms with Crippen LogP contribution in [0.25, 0.3) is 0 Å². The van der Waals surface area contributed by atoms with Crippen molar-refractivity contribution in [1.82, 2.24) is 0 Å². The van der Waals surface area contributed by atoms with E-state index in [9.17, 15) is 9.18 Å². The van der Waals surface area contributed by atoms with E-state index in [1.165, 1.54) is 19.1 Å². The molecular formula is C15H13FO2. The summed E-state index contributed by atoms with van der Waals surface area (Å²) >= 11 is 0. The van der Waals surface area contributed by atoms with E-state index in [0.29, 0.717) is 11.3 Å². The van der Waals surface area contributed by atoms with Gasteiger partial charge in [0.2, 0.25) is 0 Å². The molecular weight excluding hydrogens is 231 g/mol. The molecule has 0 fully saturated rings. The second-order valence-corrected chi connectivity index (χ2v) is 4.00. The average molecular weight is 244 g/mol. The maximum absolute atomic E-state index is 13.0. The Labute approximate surface area is 105 Å². The molecule has 0 radical (unpaired) electrons.